The van der Waals surface area contributed by atoms with Crippen molar-refractivity contribution in [2.24, 2.45) is 0 Å². The minimum absolute atomic E-state index is 0.0575. The number of anilines is 1. The van der Waals surface area contributed by atoms with Crippen LogP contribution in [0.25, 0.3) is 0 Å². The van der Waals surface area contributed by atoms with E-state index >= 15 is 0 Å². The van der Waals surface area contributed by atoms with Crippen LogP contribution in [-0.4, -0.2) is 29.7 Å². The number of aromatic nitrogens is 1. The van der Waals surface area contributed by atoms with Gasteiger partial charge >= 0.3 is 5.97 Å². The molecule has 0 radical (unpaired) electrons. The summed E-state index contributed by atoms with van der Waals surface area (Å²) in [6, 6.07) is 9.46. The summed E-state index contributed by atoms with van der Waals surface area (Å²) in [4.78, 5) is 26.2. The second-order valence-electron chi connectivity index (χ2n) is 6.41. The Hall–Kier alpha value is -2.63. The molecule has 124 valence electrons. The zero-order chi connectivity index (χ0) is 16.7. The lowest BCUT2D eigenvalue weighted by molar-refractivity contribution is -0.122. The summed E-state index contributed by atoms with van der Waals surface area (Å²) in [5, 5.41) is 3.73. The van der Waals surface area contributed by atoms with E-state index < -0.39 is 5.97 Å². The van der Waals surface area contributed by atoms with Crippen molar-refractivity contribution in [1.29, 1.82) is 0 Å². The molecule has 24 heavy (non-hydrogen) atoms. The Morgan fingerprint density at radius 1 is 1.33 bits per heavy atom. The first-order valence-corrected chi connectivity index (χ1v) is 8.17. The van der Waals surface area contributed by atoms with E-state index in [1.165, 1.54) is 0 Å². The maximum Gasteiger partial charge on any atom is 0.361 e. The van der Waals surface area contributed by atoms with Gasteiger partial charge in [-0.2, -0.15) is 0 Å². The molecule has 1 fully saturated rings. The van der Waals surface area contributed by atoms with Gasteiger partial charge < -0.3 is 14.2 Å². The standard InChI is InChI=1S/C18H18N2O4/c1-11-8-13-4-2-3-5-15(13)20(11)17(21)10-23-18(22)14-9-16(24-19-14)12-6-7-12/h2-5,9,11-12H,6-8,10H2,1H3/t11-/m0/s1. The Labute approximate surface area is 139 Å². The number of para-hydroxylation sites is 1. The lowest BCUT2D eigenvalue weighted by atomic mass is 10.1. The molecule has 1 saturated carbocycles. The van der Waals surface area contributed by atoms with Gasteiger partial charge in [0.05, 0.1) is 0 Å². The highest BCUT2D eigenvalue weighted by Gasteiger charge is 2.32. The van der Waals surface area contributed by atoms with Gasteiger partial charge in [-0.1, -0.05) is 23.4 Å². The topological polar surface area (TPSA) is 72.6 Å². The van der Waals surface area contributed by atoms with Crippen molar-refractivity contribution in [3.05, 3.63) is 47.3 Å². The van der Waals surface area contributed by atoms with Gasteiger partial charge in [-0.15, -0.1) is 0 Å². The maximum atomic E-state index is 12.5. The van der Waals surface area contributed by atoms with E-state index in [0.717, 1.165) is 36.3 Å². The maximum absolute atomic E-state index is 12.5. The number of nitrogens with zero attached hydrogens (tertiary/aromatic N) is 2. The number of benzene rings is 1. The molecule has 0 unspecified atom stereocenters. The highest BCUT2D eigenvalue weighted by molar-refractivity contribution is 5.98. The van der Waals surface area contributed by atoms with Gasteiger partial charge in [-0.25, -0.2) is 4.79 Å². The number of carbonyl (C=O) groups excluding carboxylic acids is 2. The first kappa shape index (κ1) is 14.9. The zero-order valence-corrected chi connectivity index (χ0v) is 13.4. The summed E-state index contributed by atoms with van der Waals surface area (Å²) < 4.78 is 10.3. The number of esters is 1. The summed E-state index contributed by atoms with van der Waals surface area (Å²) in [5.41, 5.74) is 2.15. The lowest BCUT2D eigenvalue weighted by Gasteiger charge is -2.22. The molecule has 4 rings (SSSR count). The average molecular weight is 326 g/mol. The first-order valence-electron chi connectivity index (χ1n) is 8.17. The summed E-state index contributed by atoms with van der Waals surface area (Å²) >= 11 is 0. The molecule has 6 nitrogen and oxygen atoms in total. The van der Waals surface area contributed by atoms with Gasteiger partial charge in [0.15, 0.2) is 12.3 Å². The van der Waals surface area contributed by atoms with Crippen LogP contribution in [0.4, 0.5) is 5.69 Å². The van der Waals surface area contributed by atoms with Crippen LogP contribution in [0.15, 0.2) is 34.9 Å². The fraction of sp³-hybridized carbons (Fsp3) is 0.389. The molecule has 2 heterocycles. The normalized spacial score (nSPS) is 19.2. The molecular formula is C18H18N2O4. The van der Waals surface area contributed by atoms with Crippen LogP contribution in [0.5, 0.6) is 0 Å². The van der Waals surface area contributed by atoms with E-state index in [4.69, 9.17) is 9.26 Å². The Kier molecular flexibility index (Phi) is 3.59. The third kappa shape index (κ3) is 2.68. The van der Waals surface area contributed by atoms with Gasteiger partial charge in [0.1, 0.15) is 5.76 Å². The highest BCUT2D eigenvalue weighted by atomic mass is 16.5. The molecule has 0 saturated heterocycles. The van der Waals surface area contributed by atoms with Crippen molar-refractivity contribution in [3.63, 3.8) is 0 Å². The van der Waals surface area contributed by atoms with E-state index in [2.05, 4.69) is 5.16 Å². The first-order chi connectivity index (χ1) is 11.6. The third-order valence-corrected chi connectivity index (χ3v) is 4.52. The van der Waals surface area contributed by atoms with Crippen LogP contribution in [0.1, 0.15) is 47.5 Å². The molecule has 1 aromatic heterocycles. The van der Waals surface area contributed by atoms with Crippen LogP contribution in [0.2, 0.25) is 0 Å². The molecular weight excluding hydrogens is 308 g/mol. The SMILES string of the molecule is C[C@H]1Cc2ccccc2N1C(=O)COC(=O)c1cc(C2CC2)on1. The minimum Gasteiger partial charge on any atom is -0.451 e. The van der Waals surface area contributed by atoms with Crippen LogP contribution in [-0.2, 0) is 16.0 Å². The fourth-order valence-electron chi connectivity index (χ4n) is 3.16. The number of fused-ring (bicyclic) bond motifs is 1. The second-order valence-corrected chi connectivity index (χ2v) is 6.41. The smallest absolute Gasteiger partial charge is 0.361 e. The van der Waals surface area contributed by atoms with Crippen LogP contribution < -0.4 is 4.90 Å². The Morgan fingerprint density at radius 3 is 2.92 bits per heavy atom. The van der Waals surface area contributed by atoms with Crippen molar-refractivity contribution in [3.8, 4) is 0 Å². The van der Waals surface area contributed by atoms with E-state index in [1.54, 1.807) is 11.0 Å². The van der Waals surface area contributed by atoms with Crippen molar-refractivity contribution in [2.45, 2.75) is 38.1 Å². The van der Waals surface area contributed by atoms with Crippen LogP contribution in [0.3, 0.4) is 0 Å². The molecule has 1 aliphatic carbocycles. The number of ether oxygens (including phenoxy) is 1. The van der Waals surface area contributed by atoms with E-state index in [1.807, 2.05) is 31.2 Å². The largest absolute Gasteiger partial charge is 0.451 e. The predicted octanol–water partition coefficient (Wildman–Crippen LogP) is 2.69. The van der Waals surface area contributed by atoms with Crippen molar-refractivity contribution in [1.82, 2.24) is 5.16 Å². The Bertz CT molecular complexity index is 794. The van der Waals surface area contributed by atoms with Gasteiger partial charge in [0.2, 0.25) is 0 Å². The molecule has 2 aliphatic rings. The number of amides is 1. The van der Waals surface area contributed by atoms with Gasteiger partial charge in [0, 0.05) is 23.7 Å². The Balaban J connectivity index is 1.40. The number of hydrogen-bond acceptors (Lipinski definition) is 5. The number of carbonyl (C=O) groups is 2. The van der Waals surface area contributed by atoms with E-state index in [9.17, 15) is 9.59 Å². The zero-order valence-electron chi connectivity index (χ0n) is 13.4. The number of hydrogen-bond donors (Lipinski definition) is 0. The monoisotopic (exact) mass is 326 g/mol. The minimum atomic E-state index is -0.626. The summed E-state index contributed by atoms with van der Waals surface area (Å²) in [7, 11) is 0. The molecule has 1 atom stereocenters. The molecule has 0 bridgehead atoms. The van der Waals surface area contributed by atoms with Crippen LogP contribution in [0, 0.1) is 0 Å². The molecule has 1 aliphatic heterocycles. The molecule has 2 aromatic rings. The van der Waals surface area contributed by atoms with Crippen molar-refractivity contribution < 1.29 is 18.8 Å². The summed E-state index contributed by atoms with van der Waals surface area (Å²) in [5.74, 6) is 0.240. The second kappa shape index (κ2) is 5.78. The summed E-state index contributed by atoms with van der Waals surface area (Å²) in [6.07, 6.45) is 2.94. The van der Waals surface area contributed by atoms with Crippen molar-refractivity contribution >= 4 is 17.6 Å². The van der Waals surface area contributed by atoms with E-state index in [0.29, 0.717) is 5.92 Å². The molecule has 0 N–H and O–H groups in total. The molecule has 1 amide bonds. The molecule has 6 heteroatoms. The van der Waals surface area contributed by atoms with E-state index in [-0.39, 0.29) is 24.2 Å². The summed E-state index contributed by atoms with van der Waals surface area (Å²) in [6.45, 7) is 1.68. The molecule has 1 aromatic carbocycles. The van der Waals surface area contributed by atoms with Gasteiger partial charge in [-0.3, -0.25) is 4.79 Å². The van der Waals surface area contributed by atoms with Gasteiger partial charge in [0.25, 0.3) is 5.91 Å². The van der Waals surface area contributed by atoms with Crippen molar-refractivity contribution in [2.75, 3.05) is 11.5 Å². The lowest BCUT2D eigenvalue weighted by Crippen LogP contribution is -2.38. The van der Waals surface area contributed by atoms with Gasteiger partial charge in [-0.05, 0) is 37.8 Å². The van der Waals surface area contributed by atoms with Crippen LogP contribution >= 0.6 is 0 Å². The quantitative estimate of drug-likeness (QED) is 0.808. The average Bonchev–Trinajstić information content (AvgIpc) is 3.20. The fourth-order valence-corrected chi connectivity index (χ4v) is 3.16. The third-order valence-electron chi connectivity index (χ3n) is 4.52. The number of rotatable bonds is 4. The predicted molar refractivity (Wildman–Crippen MR) is 85.9 cm³/mol. The Morgan fingerprint density at radius 2 is 2.12 bits per heavy atom. The highest BCUT2D eigenvalue weighted by Crippen LogP contribution is 2.40. The molecule has 0 spiro atoms.